The van der Waals surface area contributed by atoms with Crippen LogP contribution in [0, 0.1) is 0 Å². The van der Waals surface area contributed by atoms with Gasteiger partial charge < -0.3 is 9.47 Å². The second-order valence-electron chi connectivity index (χ2n) is 21.8. The Bertz CT molecular complexity index is 3320. The fraction of sp³-hybridized carbons (Fsp3) is 0.250. The van der Waals surface area contributed by atoms with Gasteiger partial charge in [-0.1, -0.05) is 199 Å². The van der Waals surface area contributed by atoms with Crippen molar-refractivity contribution in [3.05, 3.63) is 211 Å². The molecule has 2 nitrogen and oxygen atoms in total. The molecule has 1 aliphatic heterocycles. The van der Waals surface area contributed by atoms with Crippen molar-refractivity contribution in [1.82, 2.24) is 4.57 Å². The summed E-state index contributed by atoms with van der Waals surface area (Å²) in [6.45, 7) is 14.9. The fourth-order valence-electron chi connectivity index (χ4n) is 13.6. The maximum Gasteiger partial charge on any atom is 0.179 e. The van der Waals surface area contributed by atoms with Crippen LogP contribution in [0.5, 0.6) is 0 Å². The van der Waals surface area contributed by atoms with Crippen LogP contribution in [0.1, 0.15) is 96.8 Å². The Morgan fingerprint density at radius 2 is 1.01 bits per heavy atom. The number of rotatable bonds is 7. The average molecular weight is 887 g/mol. The topological polar surface area (TPSA) is 8.17 Å². The molecule has 0 saturated heterocycles. The van der Waals surface area contributed by atoms with Crippen molar-refractivity contribution in [3.63, 3.8) is 0 Å². The van der Waals surface area contributed by atoms with Crippen molar-refractivity contribution in [3.8, 4) is 16.8 Å². The van der Waals surface area contributed by atoms with Crippen LogP contribution in [0.15, 0.2) is 194 Å². The van der Waals surface area contributed by atoms with E-state index in [9.17, 15) is 0 Å². The third-order valence-corrected chi connectivity index (χ3v) is 22.1. The summed E-state index contributed by atoms with van der Waals surface area (Å²) in [6.07, 6.45) is 7.34. The minimum atomic E-state index is -2.96. The van der Waals surface area contributed by atoms with Crippen LogP contribution < -0.4 is 25.6 Å². The summed E-state index contributed by atoms with van der Waals surface area (Å²) in [5, 5.41) is 8.11. The highest BCUT2D eigenvalue weighted by atomic mass is 28.3. The van der Waals surface area contributed by atoms with Gasteiger partial charge in [0, 0.05) is 33.2 Å². The first kappa shape index (κ1) is 42.0. The third-order valence-electron chi connectivity index (χ3n) is 17.3. The lowest BCUT2D eigenvalue weighted by atomic mass is 9.61. The van der Waals surface area contributed by atoms with Gasteiger partial charge in [0.1, 0.15) is 0 Å². The van der Waals surface area contributed by atoms with Crippen molar-refractivity contribution in [2.75, 3.05) is 4.90 Å². The number of aromatic nitrogens is 1. The van der Waals surface area contributed by atoms with Crippen LogP contribution >= 0.6 is 0 Å². The first-order valence-corrected chi connectivity index (χ1v) is 26.9. The van der Waals surface area contributed by atoms with Crippen LogP contribution in [0.2, 0.25) is 0 Å². The summed E-state index contributed by atoms with van der Waals surface area (Å²) in [5.74, 6) is 0. The van der Waals surface area contributed by atoms with Gasteiger partial charge in [0.05, 0.1) is 16.6 Å². The molecule has 3 aliphatic rings. The summed E-state index contributed by atoms with van der Waals surface area (Å²) in [6, 6.07) is 74.9. The van der Waals surface area contributed by atoms with E-state index < -0.39 is 8.07 Å². The van der Waals surface area contributed by atoms with Crippen LogP contribution in [0.25, 0.3) is 38.6 Å². The van der Waals surface area contributed by atoms with Crippen molar-refractivity contribution in [2.45, 2.75) is 102 Å². The lowest BCUT2D eigenvalue weighted by molar-refractivity contribution is 0.195. The third kappa shape index (κ3) is 6.12. The summed E-state index contributed by atoms with van der Waals surface area (Å²) in [7, 11) is -2.96. The van der Waals surface area contributed by atoms with Crippen molar-refractivity contribution in [1.29, 1.82) is 0 Å². The first-order chi connectivity index (χ1) is 32.5. The Labute approximate surface area is 399 Å². The highest BCUT2D eigenvalue weighted by molar-refractivity contribution is 7.20. The first-order valence-electron chi connectivity index (χ1n) is 24.9. The number of para-hydroxylation sites is 2. The maximum absolute atomic E-state index is 2.96. The van der Waals surface area contributed by atoms with Gasteiger partial charge in [-0.15, -0.1) is 0 Å². The number of fused-ring (bicyclic) bond motifs is 7. The molecule has 3 heteroatoms. The van der Waals surface area contributed by atoms with E-state index >= 15 is 0 Å². The SMILES string of the molecule is CC1(C)CCC(C)(C)c2c(-c3cccc([Si](c4ccccc4)(c4ccccc4)c4cccc(-n5c6ccccc6c6cc(N7c8ccccc8C8(C)CCCCC78C)ccc65)c4)c3)cccc21. The Kier molecular flexibility index (Phi) is 9.59. The van der Waals surface area contributed by atoms with E-state index in [0.717, 1.165) is 0 Å². The monoisotopic (exact) mass is 886 g/mol. The van der Waals surface area contributed by atoms with E-state index in [4.69, 9.17) is 0 Å². The smallest absolute Gasteiger partial charge is 0.179 e. The summed E-state index contributed by atoms with van der Waals surface area (Å²) in [4.78, 5) is 2.72. The Morgan fingerprint density at radius 3 is 1.79 bits per heavy atom. The molecular weight excluding hydrogens is 825 g/mol. The Balaban J connectivity index is 1.07. The quantitative estimate of drug-likeness (QED) is 0.114. The lowest BCUT2D eigenvalue weighted by Crippen LogP contribution is -2.74. The van der Waals surface area contributed by atoms with E-state index in [2.05, 4.69) is 245 Å². The average Bonchev–Trinajstić information content (AvgIpc) is 3.80. The van der Waals surface area contributed by atoms with Gasteiger partial charge >= 0.3 is 0 Å². The minimum absolute atomic E-state index is 0.00209. The fourth-order valence-corrected chi connectivity index (χ4v) is 18.4. The van der Waals surface area contributed by atoms with Gasteiger partial charge in [0.25, 0.3) is 0 Å². The zero-order chi connectivity index (χ0) is 45.8. The van der Waals surface area contributed by atoms with Gasteiger partial charge in [-0.3, -0.25) is 0 Å². The molecule has 12 rings (SSSR count). The molecule has 0 spiro atoms. The molecule has 0 N–H and O–H groups in total. The van der Waals surface area contributed by atoms with Crippen molar-refractivity contribution in [2.24, 2.45) is 0 Å². The molecule has 9 aromatic rings. The molecule has 2 atom stereocenters. The zero-order valence-corrected chi connectivity index (χ0v) is 41.1. The molecule has 2 aliphatic carbocycles. The van der Waals surface area contributed by atoms with Gasteiger partial charge in [-0.05, 0) is 134 Å². The van der Waals surface area contributed by atoms with Crippen LogP contribution in [-0.4, -0.2) is 18.2 Å². The van der Waals surface area contributed by atoms with Crippen LogP contribution in [-0.2, 0) is 16.2 Å². The van der Waals surface area contributed by atoms with Crippen LogP contribution in [0.4, 0.5) is 11.4 Å². The maximum atomic E-state index is 2.72. The van der Waals surface area contributed by atoms with Crippen molar-refractivity contribution >= 4 is 62.0 Å². The predicted molar refractivity (Wildman–Crippen MR) is 288 cm³/mol. The van der Waals surface area contributed by atoms with Gasteiger partial charge in [0.2, 0.25) is 0 Å². The normalized spacial score (nSPS) is 20.7. The van der Waals surface area contributed by atoms with E-state index in [1.54, 1.807) is 0 Å². The number of nitrogens with zero attached hydrogens (tertiary/aromatic N) is 2. The van der Waals surface area contributed by atoms with Crippen LogP contribution in [0.3, 0.4) is 0 Å². The second kappa shape index (κ2) is 15.3. The molecule has 1 fully saturated rings. The molecule has 8 aromatic carbocycles. The predicted octanol–water partition coefficient (Wildman–Crippen LogP) is 13.9. The van der Waals surface area contributed by atoms with E-state index in [1.165, 1.54) is 126 Å². The molecule has 2 unspecified atom stereocenters. The summed E-state index contributed by atoms with van der Waals surface area (Å²) in [5.41, 5.74) is 13.8. The van der Waals surface area contributed by atoms with Crippen molar-refractivity contribution < 1.29 is 0 Å². The van der Waals surface area contributed by atoms with E-state index in [-0.39, 0.29) is 21.8 Å². The minimum Gasteiger partial charge on any atom is -0.334 e. The molecule has 0 amide bonds. The summed E-state index contributed by atoms with van der Waals surface area (Å²) < 4.78 is 2.54. The standard InChI is InChI=1S/C64H62N2Si/c1-61(2)40-41-62(3,4)60-52(31-21-33-56(60)61)45-22-19-28-50(42-45)67(48-24-9-7-10-25-48,49-26-11-8-12-27-49)51-29-20-23-46(43-51)65-57-34-15-13-30-53(57)54-44-47(36-37-58(54)65)66-59-35-16-14-32-55(59)63(5)38-17-18-39-64(63,66)6/h7-16,19-37,42-44H,17-18,38-41H2,1-6H3. The molecule has 1 saturated carbocycles. The zero-order valence-electron chi connectivity index (χ0n) is 40.1. The van der Waals surface area contributed by atoms with E-state index in [0.29, 0.717) is 0 Å². The highest BCUT2D eigenvalue weighted by Gasteiger charge is 2.57. The molecule has 67 heavy (non-hydrogen) atoms. The largest absolute Gasteiger partial charge is 0.334 e. The molecule has 0 bridgehead atoms. The van der Waals surface area contributed by atoms with E-state index in [1.807, 2.05) is 0 Å². The van der Waals surface area contributed by atoms with Gasteiger partial charge in [0.15, 0.2) is 8.07 Å². The second-order valence-corrected chi connectivity index (χ2v) is 25.6. The lowest BCUT2D eigenvalue weighted by Gasteiger charge is -2.50. The number of anilines is 2. The molecular formula is C64H62N2Si. The Morgan fingerprint density at radius 1 is 0.418 bits per heavy atom. The molecule has 0 radical (unpaired) electrons. The number of hydrogen-bond acceptors (Lipinski definition) is 1. The highest BCUT2D eigenvalue weighted by Crippen LogP contribution is 2.61. The summed E-state index contributed by atoms with van der Waals surface area (Å²) >= 11 is 0. The molecule has 2 heterocycles. The van der Waals surface area contributed by atoms with Gasteiger partial charge in [-0.25, -0.2) is 0 Å². The molecule has 1 aromatic heterocycles. The number of hydrogen-bond donors (Lipinski definition) is 0. The number of benzene rings is 8. The van der Waals surface area contributed by atoms with Gasteiger partial charge in [-0.2, -0.15) is 0 Å². The molecule has 332 valence electrons. The Hall–Kier alpha value is -6.42.